The van der Waals surface area contributed by atoms with Gasteiger partial charge in [0.25, 0.3) is 0 Å². The molecule has 0 spiro atoms. The fraction of sp³-hybridized carbons (Fsp3) is 0.333. The molecule has 0 aliphatic carbocycles. The van der Waals surface area contributed by atoms with Crippen molar-refractivity contribution in [3.05, 3.63) is 34.8 Å². The van der Waals surface area contributed by atoms with Crippen LogP contribution >= 0.6 is 23.1 Å². The minimum atomic E-state index is -0.0808. The van der Waals surface area contributed by atoms with Crippen molar-refractivity contribution in [2.24, 2.45) is 0 Å². The lowest BCUT2D eigenvalue weighted by Crippen LogP contribution is -2.13. The predicted octanol–water partition coefficient (Wildman–Crippen LogP) is 3.56. The predicted molar refractivity (Wildman–Crippen MR) is 89.7 cm³/mol. The second-order valence-corrected chi connectivity index (χ2v) is 7.21. The number of nitrogens with zero attached hydrogens (tertiary/aromatic N) is 2. The Kier molecular flexibility index (Phi) is 6.09. The molecule has 0 saturated carbocycles. The van der Waals surface area contributed by atoms with Gasteiger partial charge in [-0.1, -0.05) is 35.2 Å². The third-order valence-electron chi connectivity index (χ3n) is 2.86. The lowest BCUT2D eigenvalue weighted by molar-refractivity contribution is -0.116. The minimum absolute atomic E-state index is 0.0573. The van der Waals surface area contributed by atoms with Crippen molar-refractivity contribution in [1.82, 2.24) is 10.2 Å². The molecular weight excluding hydrogens is 318 g/mol. The standard InChI is InChI=1S/C15H17N3O2S2/c1-10(19)12-6-3-4-7-13(12)16-14(20)8-5-9-21-15-18-17-11(2)22-15/h3-4,6-7H,5,8-9H2,1-2H3,(H,16,20). The number of hydrogen-bond acceptors (Lipinski definition) is 6. The second kappa shape index (κ2) is 8.05. The lowest BCUT2D eigenvalue weighted by Gasteiger charge is -2.08. The number of thioether (sulfide) groups is 1. The van der Waals surface area contributed by atoms with E-state index in [0.29, 0.717) is 17.7 Å². The van der Waals surface area contributed by atoms with E-state index in [1.54, 1.807) is 47.4 Å². The van der Waals surface area contributed by atoms with Crippen LogP contribution in [-0.4, -0.2) is 27.6 Å². The van der Waals surface area contributed by atoms with E-state index < -0.39 is 0 Å². The zero-order valence-electron chi connectivity index (χ0n) is 12.5. The Balaban J connectivity index is 1.77. The summed E-state index contributed by atoms with van der Waals surface area (Å²) >= 11 is 3.17. The Morgan fingerprint density at radius 2 is 2.05 bits per heavy atom. The minimum Gasteiger partial charge on any atom is -0.325 e. The van der Waals surface area contributed by atoms with Crippen LogP contribution in [0.4, 0.5) is 5.69 Å². The number of Topliss-reactive ketones (excluding diaryl/α,β-unsaturated/α-hetero) is 1. The molecule has 0 radical (unpaired) electrons. The van der Waals surface area contributed by atoms with E-state index in [1.807, 2.05) is 6.92 Å². The zero-order chi connectivity index (χ0) is 15.9. The zero-order valence-corrected chi connectivity index (χ0v) is 14.1. The van der Waals surface area contributed by atoms with Crippen LogP contribution in [-0.2, 0) is 4.79 Å². The number of carbonyl (C=O) groups is 2. The summed E-state index contributed by atoms with van der Waals surface area (Å²) in [6.07, 6.45) is 1.16. The summed E-state index contributed by atoms with van der Waals surface area (Å²) in [6.45, 7) is 3.41. The van der Waals surface area contributed by atoms with Gasteiger partial charge in [0.2, 0.25) is 5.91 Å². The topological polar surface area (TPSA) is 72.0 Å². The van der Waals surface area contributed by atoms with E-state index in [-0.39, 0.29) is 11.7 Å². The van der Waals surface area contributed by atoms with Gasteiger partial charge in [-0.25, -0.2) is 0 Å². The van der Waals surface area contributed by atoms with Crippen molar-refractivity contribution in [3.63, 3.8) is 0 Å². The summed E-state index contributed by atoms with van der Waals surface area (Å²) in [5.74, 6) is 0.678. The second-order valence-electron chi connectivity index (χ2n) is 4.69. The molecule has 7 heteroatoms. The van der Waals surface area contributed by atoms with Gasteiger partial charge < -0.3 is 5.32 Å². The van der Waals surface area contributed by atoms with E-state index in [1.165, 1.54) is 6.92 Å². The first-order valence-corrected chi connectivity index (χ1v) is 8.69. The largest absolute Gasteiger partial charge is 0.325 e. The fourth-order valence-electron chi connectivity index (χ4n) is 1.84. The Labute approximate surface area is 137 Å². The molecule has 0 unspecified atom stereocenters. The number of ketones is 1. The van der Waals surface area contributed by atoms with E-state index in [2.05, 4.69) is 15.5 Å². The highest BCUT2D eigenvalue weighted by atomic mass is 32.2. The Bertz CT molecular complexity index is 670. The molecular formula is C15H17N3O2S2. The molecule has 2 rings (SSSR count). The molecule has 1 aromatic carbocycles. The normalized spacial score (nSPS) is 10.5. The average molecular weight is 335 g/mol. The summed E-state index contributed by atoms with van der Waals surface area (Å²) < 4.78 is 0.930. The number of aryl methyl sites for hydroxylation is 1. The Morgan fingerprint density at radius 1 is 1.27 bits per heavy atom. The fourth-order valence-corrected chi connectivity index (χ4v) is 3.67. The highest BCUT2D eigenvalue weighted by molar-refractivity contribution is 8.01. The third-order valence-corrected chi connectivity index (χ3v) is 4.92. The van der Waals surface area contributed by atoms with Crippen molar-refractivity contribution < 1.29 is 9.59 Å². The molecule has 0 bridgehead atoms. The van der Waals surface area contributed by atoms with Crippen LogP contribution in [0.2, 0.25) is 0 Å². The molecule has 1 amide bonds. The molecule has 22 heavy (non-hydrogen) atoms. The van der Waals surface area contributed by atoms with Gasteiger partial charge >= 0.3 is 0 Å². The van der Waals surface area contributed by atoms with Crippen molar-refractivity contribution >= 4 is 40.5 Å². The maximum atomic E-state index is 11.9. The van der Waals surface area contributed by atoms with E-state index in [0.717, 1.165) is 21.5 Å². The first-order chi connectivity index (χ1) is 10.6. The number of rotatable bonds is 7. The molecule has 5 nitrogen and oxygen atoms in total. The van der Waals surface area contributed by atoms with Crippen molar-refractivity contribution in [2.45, 2.75) is 31.0 Å². The van der Waals surface area contributed by atoms with Crippen molar-refractivity contribution in [2.75, 3.05) is 11.1 Å². The summed E-state index contributed by atoms with van der Waals surface area (Å²) in [6, 6.07) is 7.04. The van der Waals surface area contributed by atoms with Crippen LogP contribution in [0.1, 0.15) is 35.1 Å². The van der Waals surface area contributed by atoms with E-state index >= 15 is 0 Å². The molecule has 1 heterocycles. The molecule has 0 aliphatic heterocycles. The monoisotopic (exact) mass is 335 g/mol. The summed E-state index contributed by atoms with van der Waals surface area (Å²) in [5, 5.41) is 11.7. The molecule has 0 atom stereocenters. The maximum absolute atomic E-state index is 11.9. The number of nitrogens with one attached hydrogen (secondary N) is 1. The SMILES string of the molecule is CC(=O)c1ccccc1NC(=O)CCCSc1nnc(C)s1. The summed E-state index contributed by atoms with van der Waals surface area (Å²) in [4.78, 5) is 23.4. The van der Waals surface area contributed by atoms with Crippen molar-refractivity contribution in [1.29, 1.82) is 0 Å². The molecule has 1 aromatic heterocycles. The Morgan fingerprint density at radius 3 is 2.73 bits per heavy atom. The van der Waals surface area contributed by atoms with Gasteiger partial charge in [0.05, 0.1) is 5.69 Å². The highest BCUT2D eigenvalue weighted by Crippen LogP contribution is 2.23. The summed E-state index contributed by atoms with van der Waals surface area (Å²) in [7, 11) is 0. The number of aromatic nitrogens is 2. The average Bonchev–Trinajstić information content (AvgIpc) is 2.89. The van der Waals surface area contributed by atoms with Gasteiger partial charge in [-0.15, -0.1) is 10.2 Å². The first-order valence-electron chi connectivity index (χ1n) is 6.89. The molecule has 0 aliphatic rings. The number of hydrogen-bond donors (Lipinski definition) is 1. The van der Waals surface area contributed by atoms with Crippen LogP contribution in [0, 0.1) is 6.92 Å². The quantitative estimate of drug-likeness (QED) is 0.476. The molecule has 116 valence electrons. The molecule has 0 fully saturated rings. The van der Waals surface area contributed by atoms with Crippen LogP contribution < -0.4 is 5.32 Å². The number of benzene rings is 1. The Hall–Kier alpha value is -1.73. The van der Waals surface area contributed by atoms with E-state index in [9.17, 15) is 9.59 Å². The van der Waals surface area contributed by atoms with Gasteiger partial charge in [0.15, 0.2) is 10.1 Å². The van der Waals surface area contributed by atoms with Gasteiger partial charge in [-0.3, -0.25) is 9.59 Å². The van der Waals surface area contributed by atoms with E-state index in [4.69, 9.17) is 0 Å². The number of carbonyl (C=O) groups excluding carboxylic acids is 2. The number of anilines is 1. The van der Waals surface area contributed by atoms with Crippen LogP contribution in [0.5, 0.6) is 0 Å². The number of amides is 1. The maximum Gasteiger partial charge on any atom is 0.224 e. The van der Waals surface area contributed by atoms with Crippen LogP contribution in [0.15, 0.2) is 28.6 Å². The highest BCUT2D eigenvalue weighted by Gasteiger charge is 2.09. The van der Waals surface area contributed by atoms with Gasteiger partial charge in [0, 0.05) is 17.7 Å². The number of para-hydroxylation sites is 1. The van der Waals surface area contributed by atoms with Crippen LogP contribution in [0.3, 0.4) is 0 Å². The van der Waals surface area contributed by atoms with Gasteiger partial charge in [-0.05, 0) is 32.4 Å². The first kappa shape index (κ1) is 16.6. The molecule has 2 aromatic rings. The lowest BCUT2D eigenvalue weighted by atomic mass is 10.1. The van der Waals surface area contributed by atoms with Gasteiger partial charge in [0.1, 0.15) is 5.01 Å². The van der Waals surface area contributed by atoms with Crippen molar-refractivity contribution in [3.8, 4) is 0 Å². The third kappa shape index (κ3) is 4.92. The van der Waals surface area contributed by atoms with Gasteiger partial charge in [-0.2, -0.15) is 0 Å². The molecule has 1 N–H and O–H groups in total. The van der Waals surface area contributed by atoms with Crippen LogP contribution in [0.25, 0.3) is 0 Å². The molecule has 0 saturated heterocycles. The summed E-state index contributed by atoms with van der Waals surface area (Å²) in [5.41, 5.74) is 1.11. The smallest absolute Gasteiger partial charge is 0.224 e.